The largest absolute Gasteiger partial charge is 0.343 e. The van der Waals surface area contributed by atoms with E-state index in [4.69, 9.17) is 0 Å². The van der Waals surface area contributed by atoms with Gasteiger partial charge < -0.3 is 10.2 Å². The number of piperazine rings is 1. The van der Waals surface area contributed by atoms with Gasteiger partial charge in [0.2, 0.25) is 11.8 Å². The number of amides is 2. The van der Waals surface area contributed by atoms with E-state index in [-0.39, 0.29) is 17.9 Å². The molecule has 1 saturated heterocycles. The minimum atomic E-state index is -0.405. The number of nitrogens with zero attached hydrogens (tertiary/aromatic N) is 1. The van der Waals surface area contributed by atoms with Crippen molar-refractivity contribution < 1.29 is 9.59 Å². The summed E-state index contributed by atoms with van der Waals surface area (Å²) in [5.41, 5.74) is 0. The highest BCUT2D eigenvalue weighted by atomic mass is 16.2. The predicted molar refractivity (Wildman–Crippen MR) is 69.9 cm³/mol. The SMILES string of the molecule is C=CCN1C(=O)C(C)NC(=O)C1C1CCCCC1. The van der Waals surface area contributed by atoms with Crippen LogP contribution >= 0.6 is 0 Å². The minimum Gasteiger partial charge on any atom is -0.343 e. The van der Waals surface area contributed by atoms with E-state index in [0.29, 0.717) is 12.5 Å². The summed E-state index contributed by atoms with van der Waals surface area (Å²) in [6.07, 6.45) is 7.39. The molecule has 1 saturated carbocycles. The lowest BCUT2D eigenvalue weighted by Gasteiger charge is -2.42. The number of rotatable bonds is 3. The van der Waals surface area contributed by atoms with Crippen molar-refractivity contribution in [1.82, 2.24) is 10.2 Å². The van der Waals surface area contributed by atoms with Gasteiger partial charge in [0.1, 0.15) is 12.1 Å². The molecule has 0 bridgehead atoms. The molecule has 0 radical (unpaired) electrons. The van der Waals surface area contributed by atoms with E-state index in [1.165, 1.54) is 19.3 Å². The van der Waals surface area contributed by atoms with Gasteiger partial charge in [-0.2, -0.15) is 0 Å². The lowest BCUT2D eigenvalue weighted by Crippen LogP contribution is -2.64. The molecule has 2 aliphatic rings. The van der Waals surface area contributed by atoms with Crippen LogP contribution in [-0.4, -0.2) is 35.3 Å². The first-order valence-electron chi connectivity index (χ1n) is 6.87. The van der Waals surface area contributed by atoms with Gasteiger partial charge in [-0.05, 0) is 25.7 Å². The van der Waals surface area contributed by atoms with Crippen LogP contribution in [-0.2, 0) is 9.59 Å². The van der Waals surface area contributed by atoms with Crippen LogP contribution in [0.2, 0.25) is 0 Å². The molecule has 1 aliphatic heterocycles. The molecule has 2 fully saturated rings. The Morgan fingerprint density at radius 2 is 2.00 bits per heavy atom. The molecule has 2 amide bonds. The number of nitrogens with one attached hydrogen (secondary N) is 1. The molecular formula is C14H22N2O2. The number of hydrogen-bond donors (Lipinski definition) is 1. The molecule has 1 aliphatic carbocycles. The molecule has 2 atom stereocenters. The molecule has 18 heavy (non-hydrogen) atoms. The Kier molecular flexibility index (Phi) is 4.04. The molecule has 0 aromatic rings. The van der Waals surface area contributed by atoms with Gasteiger partial charge in [0.25, 0.3) is 0 Å². The van der Waals surface area contributed by atoms with Gasteiger partial charge >= 0.3 is 0 Å². The zero-order chi connectivity index (χ0) is 13.1. The van der Waals surface area contributed by atoms with E-state index in [1.807, 2.05) is 0 Å². The lowest BCUT2D eigenvalue weighted by atomic mass is 9.81. The highest BCUT2D eigenvalue weighted by Gasteiger charge is 2.42. The van der Waals surface area contributed by atoms with Gasteiger partial charge in [-0.1, -0.05) is 25.3 Å². The average Bonchev–Trinajstić information content (AvgIpc) is 2.37. The Balaban J connectivity index is 2.19. The van der Waals surface area contributed by atoms with E-state index in [2.05, 4.69) is 11.9 Å². The Hall–Kier alpha value is -1.32. The quantitative estimate of drug-likeness (QED) is 0.771. The number of carbonyl (C=O) groups is 2. The van der Waals surface area contributed by atoms with Crippen LogP contribution in [0.4, 0.5) is 0 Å². The number of carbonyl (C=O) groups excluding carboxylic acids is 2. The smallest absolute Gasteiger partial charge is 0.245 e. The molecule has 0 aromatic carbocycles. The van der Waals surface area contributed by atoms with Crippen LogP contribution < -0.4 is 5.32 Å². The molecule has 4 heteroatoms. The molecule has 4 nitrogen and oxygen atoms in total. The van der Waals surface area contributed by atoms with Crippen molar-refractivity contribution >= 4 is 11.8 Å². The average molecular weight is 250 g/mol. The summed E-state index contributed by atoms with van der Waals surface area (Å²) in [6, 6.07) is -0.690. The fraction of sp³-hybridized carbons (Fsp3) is 0.714. The second-order valence-electron chi connectivity index (χ2n) is 5.35. The summed E-state index contributed by atoms with van der Waals surface area (Å²) in [4.78, 5) is 26.1. The Bertz CT molecular complexity index is 348. The van der Waals surface area contributed by atoms with Gasteiger partial charge in [-0.25, -0.2) is 0 Å². The van der Waals surface area contributed by atoms with Gasteiger partial charge in [0.15, 0.2) is 0 Å². The van der Waals surface area contributed by atoms with E-state index in [9.17, 15) is 9.59 Å². The Morgan fingerprint density at radius 1 is 1.33 bits per heavy atom. The maximum absolute atomic E-state index is 12.2. The van der Waals surface area contributed by atoms with Crippen LogP contribution in [0.25, 0.3) is 0 Å². The number of hydrogen-bond acceptors (Lipinski definition) is 2. The van der Waals surface area contributed by atoms with Crippen molar-refractivity contribution in [3.05, 3.63) is 12.7 Å². The summed E-state index contributed by atoms with van der Waals surface area (Å²) in [7, 11) is 0. The zero-order valence-corrected chi connectivity index (χ0v) is 11.0. The zero-order valence-electron chi connectivity index (χ0n) is 11.0. The van der Waals surface area contributed by atoms with Crippen molar-refractivity contribution in [2.75, 3.05) is 6.54 Å². The van der Waals surface area contributed by atoms with E-state index >= 15 is 0 Å². The lowest BCUT2D eigenvalue weighted by molar-refractivity contribution is -0.150. The molecule has 0 spiro atoms. The topological polar surface area (TPSA) is 49.4 Å². The monoisotopic (exact) mass is 250 g/mol. The summed E-state index contributed by atoms with van der Waals surface area (Å²) in [6.45, 7) is 5.91. The first-order chi connectivity index (χ1) is 8.65. The van der Waals surface area contributed by atoms with E-state index < -0.39 is 6.04 Å². The van der Waals surface area contributed by atoms with Crippen LogP contribution in [0, 0.1) is 5.92 Å². The van der Waals surface area contributed by atoms with Crippen molar-refractivity contribution in [3.63, 3.8) is 0 Å². The van der Waals surface area contributed by atoms with Crippen LogP contribution in [0.1, 0.15) is 39.0 Å². The standard InChI is InChI=1S/C14H22N2O2/c1-3-9-16-12(11-7-5-4-6-8-11)13(17)15-10(2)14(16)18/h3,10-12H,1,4-9H2,2H3,(H,15,17). The maximum Gasteiger partial charge on any atom is 0.245 e. The maximum atomic E-state index is 12.2. The minimum absolute atomic E-state index is 0.0100. The normalized spacial score (nSPS) is 30.2. The van der Waals surface area contributed by atoms with E-state index in [1.54, 1.807) is 17.9 Å². The molecule has 1 heterocycles. The van der Waals surface area contributed by atoms with Crippen molar-refractivity contribution in [1.29, 1.82) is 0 Å². The highest BCUT2D eigenvalue weighted by Crippen LogP contribution is 2.30. The first kappa shape index (κ1) is 13.1. The second-order valence-corrected chi connectivity index (χ2v) is 5.35. The molecule has 0 aromatic heterocycles. The van der Waals surface area contributed by atoms with Crippen molar-refractivity contribution in [3.8, 4) is 0 Å². The third-order valence-electron chi connectivity index (χ3n) is 4.04. The first-order valence-corrected chi connectivity index (χ1v) is 6.87. The molecular weight excluding hydrogens is 228 g/mol. The van der Waals surface area contributed by atoms with Gasteiger partial charge in [0.05, 0.1) is 0 Å². The van der Waals surface area contributed by atoms with E-state index in [0.717, 1.165) is 12.8 Å². The summed E-state index contributed by atoms with van der Waals surface area (Å²) < 4.78 is 0. The molecule has 2 rings (SSSR count). The fourth-order valence-electron chi connectivity index (χ4n) is 3.15. The molecule has 1 N–H and O–H groups in total. The van der Waals surface area contributed by atoms with Crippen molar-refractivity contribution in [2.24, 2.45) is 5.92 Å². The fourth-order valence-corrected chi connectivity index (χ4v) is 3.15. The predicted octanol–water partition coefficient (Wildman–Crippen LogP) is 1.47. The van der Waals surface area contributed by atoms with Crippen LogP contribution in [0.3, 0.4) is 0 Å². The van der Waals surface area contributed by atoms with Gasteiger partial charge in [-0.15, -0.1) is 6.58 Å². The Labute approximate surface area is 108 Å². The van der Waals surface area contributed by atoms with Crippen LogP contribution in [0.15, 0.2) is 12.7 Å². The highest BCUT2D eigenvalue weighted by molar-refractivity contribution is 5.97. The van der Waals surface area contributed by atoms with Crippen molar-refractivity contribution in [2.45, 2.75) is 51.1 Å². The third kappa shape index (κ3) is 2.42. The van der Waals surface area contributed by atoms with Gasteiger partial charge in [0, 0.05) is 6.54 Å². The summed E-state index contributed by atoms with van der Waals surface area (Å²) >= 11 is 0. The second kappa shape index (κ2) is 5.55. The third-order valence-corrected chi connectivity index (χ3v) is 4.04. The Morgan fingerprint density at radius 3 is 2.61 bits per heavy atom. The summed E-state index contributed by atoms with van der Waals surface area (Å²) in [5, 5.41) is 2.80. The summed E-state index contributed by atoms with van der Waals surface area (Å²) in [5.74, 6) is 0.344. The van der Waals surface area contributed by atoms with Gasteiger partial charge in [-0.3, -0.25) is 9.59 Å². The molecule has 100 valence electrons. The van der Waals surface area contributed by atoms with Crippen LogP contribution in [0.5, 0.6) is 0 Å². The molecule has 2 unspecified atom stereocenters.